The van der Waals surface area contributed by atoms with Crippen LogP contribution >= 0.6 is 0 Å². The number of unbranched alkanes of at least 4 members (excludes halogenated alkanes) is 14. The van der Waals surface area contributed by atoms with E-state index in [1.165, 1.54) is 83.5 Å². The first-order chi connectivity index (χ1) is 18.2. The summed E-state index contributed by atoms with van der Waals surface area (Å²) in [5.41, 5.74) is 1.98. The molecule has 1 heterocycles. The van der Waals surface area contributed by atoms with Gasteiger partial charge < -0.3 is 0 Å². The van der Waals surface area contributed by atoms with Crippen LogP contribution < -0.4 is 5.32 Å². The molecule has 0 saturated heterocycles. The fourth-order valence-electron chi connectivity index (χ4n) is 4.88. The number of imidazole rings is 1. The molecule has 0 atom stereocenters. The van der Waals surface area contributed by atoms with Gasteiger partial charge in [-0.05, 0) is 30.7 Å². The maximum Gasteiger partial charge on any atom is 0.257 e. The third-order valence-electron chi connectivity index (χ3n) is 7.07. The normalized spacial score (nSPS) is 11.2. The molecule has 0 aliphatic rings. The molecule has 3 rings (SSSR count). The molecule has 0 bridgehead atoms. The molecule has 0 fully saturated rings. The number of amides is 1. The molecular weight excluding hydrogens is 458 g/mol. The van der Waals surface area contributed by atoms with Crippen LogP contribution in [0.4, 0.5) is 5.95 Å². The zero-order valence-corrected chi connectivity index (χ0v) is 22.7. The van der Waals surface area contributed by atoms with E-state index in [0.717, 1.165) is 18.4 Å². The van der Waals surface area contributed by atoms with E-state index in [1.807, 2.05) is 42.5 Å². The number of nitrogens with one attached hydrogen (secondary N) is 1. The van der Waals surface area contributed by atoms with Crippen molar-refractivity contribution in [3.05, 3.63) is 60.2 Å². The largest absolute Gasteiger partial charge is 0.291 e. The Labute approximate surface area is 223 Å². The minimum atomic E-state index is -0.267. The van der Waals surface area contributed by atoms with Gasteiger partial charge in [0.05, 0.1) is 11.0 Å². The Morgan fingerprint density at radius 2 is 1.19 bits per heavy atom. The molecule has 37 heavy (non-hydrogen) atoms. The van der Waals surface area contributed by atoms with Gasteiger partial charge in [-0.25, -0.2) is 9.55 Å². The highest BCUT2D eigenvalue weighted by atomic mass is 16.2. The standard InChI is InChI=1S/C32H45N3O2/c1-2-3-4-5-6-7-8-9-10-11-12-13-14-15-19-26-30(36)35-29-25-21-20-24-28(29)33-32(35)34-31(37)27-22-17-16-18-23-27/h16-18,20-25H,2-15,19,26H2,1H3,(H,33,34,37). The van der Waals surface area contributed by atoms with E-state index >= 15 is 0 Å². The maximum absolute atomic E-state index is 13.2. The van der Waals surface area contributed by atoms with Crippen LogP contribution in [0.1, 0.15) is 125 Å². The first kappa shape index (κ1) is 28.6. The lowest BCUT2D eigenvalue weighted by atomic mass is 10.0. The van der Waals surface area contributed by atoms with Crippen LogP contribution in [0.5, 0.6) is 0 Å². The van der Waals surface area contributed by atoms with Gasteiger partial charge in [0, 0.05) is 12.0 Å². The number of hydrogen-bond donors (Lipinski definition) is 1. The van der Waals surface area contributed by atoms with E-state index in [4.69, 9.17) is 0 Å². The summed E-state index contributed by atoms with van der Waals surface area (Å²) < 4.78 is 1.57. The lowest BCUT2D eigenvalue weighted by Crippen LogP contribution is -2.19. The Bertz CT molecular complexity index is 1070. The smallest absolute Gasteiger partial charge is 0.257 e. The molecule has 1 aromatic heterocycles. The highest BCUT2D eigenvalue weighted by Gasteiger charge is 2.18. The van der Waals surface area contributed by atoms with E-state index in [2.05, 4.69) is 17.2 Å². The number of carbonyl (C=O) groups is 2. The van der Waals surface area contributed by atoms with Gasteiger partial charge in [0.2, 0.25) is 11.9 Å². The fraction of sp³-hybridized carbons (Fsp3) is 0.531. The molecule has 3 aromatic rings. The second-order valence-corrected chi connectivity index (χ2v) is 10.2. The summed E-state index contributed by atoms with van der Waals surface area (Å²) in [5.74, 6) is 0.00435. The third kappa shape index (κ3) is 9.79. The maximum atomic E-state index is 13.2. The van der Waals surface area contributed by atoms with Gasteiger partial charge in [-0.15, -0.1) is 0 Å². The molecule has 1 N–H and O–H groups in total. The van der Waals surface area contributed by atoms with Crippen molar-refractivity contribution >= 4 is 28.8 Å². The SMILES string of the molecule is CCCCCCCCCCCCCCCCCC(=O)n1c(NC(=O)c2ccccc2)nc2ccccc21. The van der Waals surface area contributed by atoms with E-state index in [1.54, 1.807) is 16.7 Å². The Kier molecular flexibility index (Phi) is 12.9. The van der Waals surface area contributed by atoms with Crippen LogP contribution in [0.15, 0.2) is 54.6 Å². The van der Waals surface area contributed by atoms with Gasteiger partial charge in [-0.2, -0.15) is 0 Å². The van der Waals surface area contributed by atoms with Crippen molar-refractivity contribution < 1.29 is 9.59 Å². The predicted molar refractivity (Wildman–Crippen MR) is 154 cm³/mol. The Morgan fingerprint density at radius 1 is 0.676 bits per heavy atom. The fourth-order valence-corrected chi connectivity index (χ4v) is 4.88. The number of nitrogens with zero attached hydrogens (tertiary/aromatic N) is 2. The third-order valence-corrected chi connectivity index (χ3v) is 7.07. The number of benzene rings is 2. The second kappa shape index (κ2) is 16.7. The number of rotatable bonds is 18. The van der Waals surface area contributed by atoms with Crippen LogP contribution in [0, 0.1) is 0 Å². The molecule has 2 aromatic carbocycles. The molecule has 5 nitrogen and oxygen atoms in total. The summed E-state index contributed by atoms with van der Waals surface area (Å²) in [6, 6.07) is 16.5. The lowest BCUT2D eigenvalue weighted by Gasteiger charge is -2.09. The van der Waals surface area contributed by atoms with Crippen molar-refractivity contribution in [3.8, 4) is 0 Å². The number of carbonyl (C=O) groups excluding carboxylic acids is 2. The predicted octanol–water partition coefficient (Wildman–Crippen LogP) is 9.19. The van der Waals surface area contributed by atoms with Crippen molar-refractivity contribution in [2.24, 2.45) is 0 Å². The van der Waals surface area contributed by atoms with Crippen molar-refractivity contribution in [3.63, 3.8) is 0 Å². The summed E-state index contributed by atoms with van der Waals surface area (Å²) in [6.07, 6.45) is 19.9. The minimum absolute atomic E-state index is 0.0215. The topological polar surface area (TPSA) is 64.0 Å². The van der Waals surface area contributed by atoms with Crippen LogP contribution in [0.3, 0.4) is 0 Å². The zero-order valence-electron chi connectivity index (χ0n) is 22.7. The minimum Gasteiger partial charge on any atom is -0.291 e. The molecule has 5 heteroatoms. The summed E-state index contributed by atoms with van der Waals surface area (Å²) >= 11 is 0. The van der Waals surface area contributed by atoms with E-state index < -0.39 is 0 Å². The molecule has 1 amide bonds. The number of hydrogen-bond acceptors (Lipinski definition) is 3. The average Bonchev–Trinajstić information content (AvgIpc) is 3.29. The van der Waals surface area contributed by atoms with Crippen molar-refractivity contribution in [1.82, 2.24) is 9.55 Å². The molecule has 0 unspecified atom stereocenters. The number of anilines is 1. The monoisotopic (exact) mass is 503 g/mol. The molecule has 0 aliphatic carbocycles. The summed E-state index contributed by atoms with van der Waals surface area (Å²) in [6.45, 7) is 2.27. The number of aromatic nitrogens is 2. The van der Waals surface area contributed by atoms with Crippen molar-refractivity contribution in [2.75, 3.05) is 5.32 Å². The second-order valence-electron chi connectivity index (χ2n) is 10.2. The Morgan fingerprint density at radius 3 is 1.78 bits per heavy atom. The first-order valence-electron chi connectivity index (χ1n) is 14.6. The Hall–Kier alpha value is -2.95. The average molecular weight is 504 g/mol. The summed E-state index contributed by atoms with van der Waals surface area (Å²) in [4.78, 5) is 30.4. The molecule has 0 radical (unpaired) electrons. The van der Waals surface area contributed by atoms with Crippen LogP contribution in [-0.4, -0.2) is 21.4 Å². The van der Waals surface area contributed by atoms with Crippen LogP contribution in [0.2, 0.25) is 0 Å². The molecular formula is C32H45N3O2. The summed E-state index contributed by atoms with van der Waals surface area (Å²) in [5, 5.41) is 2.84. The van der Waals surface area contributed by atoms with Gasteiger partial charge >= 0.3 is 0 Å². The van der Waals surface area contributed by atoms with Crippen molar-refractivity contribution in [1.29, 1.82) is 0 Å². The van der Waals surface area contributed by atoms with E-state index in [-0.39, 0.29) is 11.8 Å². The van der Waals surface area contributed by atoms with Crippen LogP contribution in [0.25, 0.3) is 11.0 Å². The highest BCUT2D eigenvalue weighted by molar-refractivity contribution is 6.05. The lowest BCUT2D eigenvalue weighted by molar-refractivity contribution is 0.0906. The molecule has 0 saturated carbocycles. The zero-order chi connectivity index (χ0) is 26.1. The first-order valence-corrected chi connectivity index (χ1v) is 14.6. The molecule has 200 valence electrons. The van der Waals surface area contributed by atoms with Gasteiger partial charge in [-0.3, -0.25) is 14.9 Å². The van der Waals surface area contributed by atoms with Gasteiger partial charge in [0.15, 0.2) is 0 Å². The van der Waals surface area contributed by atoms with E-state index in [9.17, 15) is 9.59 Å². The molecule has 0 spiro atoms. The quantitative estimate of drug-likeness (QED) is 0.176. The molecule has 0 aliphatic heterocycles. The highest BCUT2D eigenvalue weighted by Crippen LogP contribution is 2.22. The van der Waals surface area contributed by atoms with Gasteiger partial charge in [0.1, 0.15) is 0 Å². The number of fused-ring (bicyclic) bond motifs is 1. The van der Waals surface area contributed by atoms with Crippen LogP contribution in [-0.2, 0) is 0 Å². The number of para-hydroxylation sites is 2. The van der Waals surface area contributed by atoms with E-state index in [0.29, 0.717) is 23.4 Å². The van der Waals surface area contributed by atoms with Crippen molar-refractivity contribution in [2.45, 2.75) is 110 Å². The van der Waals surface area contributed by atoms with Gasteiger partial charge in [0.25, 0.3) is 5.91 Å². The Balaban J connectivity index is 1.35. The summed E-state index contributed by atoms with van der Waals surface area (Å²) in [7, 11) is 0. The van der Waals surface area contributed by atoms with Gasteiger partial charge in [-0.1, -0.05) is 127 Å².